The number of nitrogens with one attached hydrogen (secondary N) is 2. The van der Waals surface area contributed by atoms with Crippen LogP contribution in [-0.2, 0) is 23.2 Å². The second-order valence-corrected chi connectivity index (χ2v) is 10.8. The van der Waals surface area contributed by atoms with Crippen molar-refractivity contribution in [3.63, 3.8) is 0 Å². The minimum atomic E-state index is -0.872. The maximum absolute atomic E-state index is 12.9. The Morgan fingerprint density at radius 1 is 0.860 bits per heavy atom. The van der Waals surface area contributed by atoms with Gasteiger partial charge in [0.2, 0.25) is 5.91 Å². The fourth-order valence-electron chi connectivity index (χ4n) is 6.19. The third-order valence-corrected chi connectivity index (χ3v) is 8.34. The molecule has 6 rings (SSSR count). The fraction of sp³-hybridized carbons (Fsp3) is 0.194. The van der Waals surface area contributed by atoms with Crippen LogP contribution in [0.2, 0.25) is 0 Å². The van der Waals surface area contributed by atoms with Crippen LogP contribution in [0.25, 0.3) is 23.1 Å². The van der Waals surface area contributed by atoms with Crippen LogP contribution >= 0.6 is 0 Å². The molecule has 0 radical (unpaired) electrons. The lowest BCUT2D eigenvalue weighted by atomic mass is 9.74. The van der Waals surface area contributed by atoms with Crippen LogP contribution < -0.4 is 25.3 Å². The number of nitrogens with two attached hydrogens (primary N) is 1. The molecule has 7 nitrogen and oxygen atoms in total. The molecule has 0 spiro atoms. The van der Waals surface area contributed by atoms with E-state index in [2.05, 4.69) is 71.0 Å². The molecule has 4 aromatic carbocycles. The molecule has 2 atom stereocenters. The van der Waals surface area contributed by atoms with E-state index in [1.165, 1.54) is 0 Å². The maximum atomic E-state index is 12.9. The van der Waals surface area contributed by atoms with Crippen molar-refractivity contribution in [3.8, 4) is 17.2 Å². The van der Waals surface area contributed by atoms with Gasteiger partial charge in [0.25, 0.3) is 0 Å². The maximum Gasteiger partial charge on any atom is 0.234 e. The van der Waals surface area contributed by atoms with Gasteiger partial charge in [-0.15, -0.1) is 0 Å². The molecule has 1 amide bonds. The molecule has 2 heterocycles. The number of benzene rings is 4. The Labute approximate surface area is 251 Å². The van der Waals surface area contributed by atoms with Crippen LogP contribution in [-0.4, -0.2) is 38.3 Å². The van der Waals surface area contributed by atoms with Crippen molar-refractivity contribution in [3.05, 3.63) is 125 Å². The Morgan fingerprint density at radius 2 is 1.49 bits per heavy atom. The van der Waals surface area contributed by atoms with Gasteiger partial charge in [0.05, 0.1) is 32.9 Å². The predicted octanol–water partition coefficient (Wildman–Crippen LogP) is 5.85. The van der Waals surface area contributed by atoms with Gasteiger partial charge in [-0.05, 0) is 34.7 Å². The van der Waals surface area contributed by atoms with Crippen LogP contribution in [0.4, 0.5) is 0 Å². The number of methoxy groups -OCH3 is 3. The molecule has 1 aromatic heterocycles. The Morgan fingerprint density at radius 3 is 2.12 bits per heavy atom. The molecule has 0 bridgehead atoms. The molecule has 0 saturated carbocycles. The molecule has 5 aromatic rings. The number of primary amides is 1. The highest BCUT2D eigenvalue weighted by Gasteiger charge is 2.46. The first-order chi connectivity index (χ1) is 21.0. The first kappa shape index (κ1) is 28.1. The Bertz CT molecular complexity index is 1770. The summed E-state index contributed by atoms with van der Waals surface area (Å²) in [7, 11) is 4.88. The van der Waals surface area contributed by atoms with Gasteiger partial charge >= 0.3 is 0 Å². The van der Waals surface area contributed by atoms with E-state index in [0.29, 0.717) is 30.1 Å². The van der Waals surface area contributed by atoms with Crippen molar-refractivity contribution in [1.29, 1.82) is 0 Å². The Kier molecular flexibility index (Phi) is 7.65. The van der Waals surface area contributed by atoms with E-state index in [4.69, 9.17) is 19.9 Å². The minimum Gasteiger partial charge on any atom is -0.496 e. The zero-order chi connectivity index (χ0) is 30.0. The normalized spacial score (nSPS) is 18.0. The highest BCUT2D eigenvalue weighted by atomic mass is 16.5. The number of carbonyl (C=O) groups is 1. The first-order valence-electron chi connectivity index (χ1n) is 14.3. The predicted molar refractivity (Wildman–Crippen MR) is 171 cm³/mol. The first-order valence-corrected chi connectivity index (χ1v) is 14.3. The SMILES string of the molecule is COc1cc(OC)c(C[C@]2(c3ccc(C=Cc4ccccc4)cc3)N[C@@H](C(N)=O)Cc3c2[nH]c2ccccc32)c(OC)c1. The number of amides is 1. The second kappa shape index (κ2) is 11.7. The number of para-hydroxylation sites is 1. The van der Waals surface area contributed by atoms with E-state index in [-0.39, 0.29) is 0 Å². The summed E-state index contributed by atoms with van der Waals surface area (Å²) in [6, 6.07) is 29.9. The van der Waals surface area contributed by atoms with Gasteiger partial charge in [-0.3, -0.25) is 10.1 Å². The smallest absolute Gasteiger partial charge is 0.234 e. The highest BCUT2D eigenvalue weighted by Crippen LogP contribution is 2.46. The van der Waals surface area contributed by atoms with Crippen LogP contribution in [0.3, 0.4) is 0 Å². The van der Waals surface area contributed by atoms with Gasteiger partial charge in [-0.2, -0.15) is 0 Å². The van der Waals surface area contributed by atoms with Gasteiger partial charge in [0.15, 0.2) is 0 Å². The van der Waals surface area contributed by atoms with Crippen molar-refractivity contribution in [2.45, 2.75) is 24.4 Å². The average molecular weight is 574 g/mol. The number of hydrogen-bond donors (Lipinski definition) is 3. The number of ether oxygens (including phenoxy) is 3. The molecule has 0 aliphatic carbocycles. The number of carbonyl (C=O) groups excluding carboxylic acids is 1. The van der Waals surface area contributed by atoms with E-state index in [1.807, 2.05) is 42.5 Å². The molecular formula is C36H35N3O4. The molecule has 7 heteroatoms. The van der Waals surface area contributed by atoms with Gasteiger partial charge in [0, 0.05) is 40.7 Å². The summed E-state index contributed by atoms with van der Waals surface area (Å²) in [6.07, 6.45) is 5.07. The summed E-state index contributed by atoms with van der Waals surface area (Å²) in [4.78, 5) is 16.6. The van der Waals surface area contributed by atoms with Crippen LogP contribution in [0.1, 0.15) is 33.5 Å². The largest absolute Gasteiger partial charge is 0.496 e. The number of hydrogen-bond acceptors (Lipinski definition) is 5. The quantitative estimate of drug-likeness (QED) is 0.192. The van der Waals surface area contributed by atoms with E-state index >= 15 is 0 Å². The monoisotopic (exact) mass is 573 g/mol. The highest BCUT2D eigenvalue weighted by molar-refractivity contribution is 5.89. The van der Waals surface area contributed by atoms with E-state index in [0.717, 1.165) is 44.4 Å². The van der Waals surface area contributed by atoms with Gasteiger partial charge in [0.1, 0.15) is 17.2 Å². The molecule has 0 unspecified atom stereocenters. The molecule has 218 valence electrons. The minimum absolute atomic E-state index is 0.406. The number of aromatic nitrogens is 1. The Balaban J connectivity index is 1.55. The van der Waals surface area contributed by atoms with Crippen LogP contribution in [0, 0.1) is 0 Å². The van der Waals surface area contributed by atoms with Gasteiger partial charge in [-0.1, -0.05) is 84.9 Å². The van der Waals surface area contributed by atoms with Crippen LogP contribution in [0.5, 0.6) is 17.2 Å². The number of rotatable bonds is 9. The summed E-state index contributed by atoms with van der Waals surface area (Å²) in [6.45, 7) is 0. The zero-order valence-electron chi connectivity index (χ0n) is 24.5. The van der Waals surface area contributed by atoms with E-state index in [1.54, 1.807) is 21.3 Å². The lowest BCUT2D eigenvalue weighted by Gasteiger charge is -2.42. The molecule has 1 aliphatic heterocycles. The molecule has 1 aliphatic rings. The Hall–Kier alpha value is -5.01. The van der Waals surface area contributed by atoms with Crippen LogP contribution in [0.15, 0.2) is 91.0 Å². The number of aromatic amines is 1. The summed E-state index contributed by atoms with van der Waals surface area (Å²) in [5.41, 5.74) is 12.2. The third-order valence-electron chi connectivity index (χ3n) is 8.34. The molecule has 43 heavy (non-hydrogen) atoms. The molecule has 0 saturated heterocycles. The average Bonchev–Trinajstić information content (AvgIpc) is 3.44. The third kappa shape index (κ3) is 5.24. The van der Waals surface area contributed by atoms with Crippen molar-refractivity contribution in [2.75, 3.05) is 21.3 Å². The summed E-state index contributed by atoms with van der Waals surface area (Å²) < 4.78 is 17.3. The second-order valence-electron chi connectivity index (χ2n) is 10.8. The molecule has 0 fully saturated rings. The van der Waals surface area contributed by atoms with Crippen molar-refractivity contribution >= 4 is 29.0 Å². The summed E-state index contributed by atoms with van der Waals surface area (Å²) in [5.74, 6) is 1.47. The summed E-state index contributed by atoms with van der Waals surface area (Å²) in [5, 5.41) is 4.77. The fourth-order valence-corrected chi connectivity index (χ4v) is 6.19. The number of fused-ring (bicyclic) bond motifs is 3. The molecular weight excluding hydrogens is 538 g/mol. The zero-order valence-corrected chi connectivity index (χ0v) is 24.5. The van der Waals surface area contributed by atoms with Crippen molar-refractivity contribution in [1.82, 2.24) is 10.3 Å². The van der Waals surface area contributed by atoms with E-state index < -0.39 is 17.5 Å². The standard InChI is InChI=1S/C36H35N3O4/c1-41-26-19-32(42-2)29(33(20-26)43-3)22-36(25-17-15-24(16-18-25)14-13-23-9-5-4-6-10-23)34-28(21-31(39-36)35(37)40)27-11-7-8-12-30(27)38-34/h4-20,31,38-39H,21-22H2,1-3H3,(H2,37,40)/t31-,36-/m1/s1. The number of H-pyrrole nitrogens is 1. The summed E-state index contributed by atoms with van der Waals surface area (Å²) >= 11 is 0. The topological polar surface area (TPSA) is 98.6 Å². The van der Waals surface area contributed by atoms with Crippen molar-refractivity contribution < 1.29 is 19.0 Å². The van der Waals surface area contributed by atoms with Crippen molar-refractivity contribution in [2.24, 2.45) is 5.73 Å². The van der Waals surface area contributed by atoms with Gasteiger partial charge in [-0.25, -0.2) is 0 Å². The lowest BCUT2D eigenvalue weighted by Crippen LogP contribution is -2.59. The molecule has 4 N–H and O–H groups in total. The van der Waals surface area contributed by atoms with E-state index in [9.17, 15) is 4.79 Å². The van der Waals surface area contributed by atoms with Gasteiger partial charge < -0.3 is 24.9 Å². The lowest BCUT2D eigenvalue weighted by molar-refractivity contribution is -0.120.